The number of amides is 2. The molecule has 150 valence electrons. The van der Waals surface area contributed by atoms with Crippen molar-refractivity contribution in [3.8, 4) is 0 Å². The first-order valence-electron chi connectivity index (χ1n) is 9.70. The summed E-state index contributed by atoms with van der Waals surface area (Å²) < 4.78 is 0. The second-order valence-electron chi connectivity index (χ2n) is 7.39. The summed E-state index contributed by atoms with van der Waals surface area (Å²) >= 11 is 1.31. The molecule has 0 unspecified atom stereocenters. The minimum absolute atomic E-state index is 0.301. The zero-order valence-corrected chi connectivity index (χ0v) is 17.9. The molecule has 30 heavy (non-hydrogen) atoms. The fourth-order valence-electron chi connectivity index (χ4n) is 3.15. The van der Waals surface area contributed by atoms with Crippen LogP contribution in [0, 0.1) is 20.8 Å². The third-order valence-electron chi connectivity index (χ3n) is 4.90. The molecule has 1 aliphatic heterocycles. The number of nitrogens with zero attached hydrogens (tertiary/aromatic N) is 1. The predicted molar refractivity (Wildman–Crippen MR) is 123 cm³/mol. The lowest BCUT2D eigenvalue weighted by Gasteiger charge is -2.15. The molecule has 5 heteroatoms. The highest BCUT2D eigenvalue weighted by molar-refractivity contribution is 8.04. The Bertz CT molecular complexity index is 1060. The summed E-state index contributed by atoms with van der Waals surface area (Å²) in [7, 11) is 0. The first-order valence-corrected chi connectivity index (χ1v) is 10.5. The summed E-state index contributed by atoms with van der Waals surface area (Å²) in [6, 6.07) is 23.1. The Labute approximate surface area is 180 Å². The SMILES string of the molecule is Cc1ccc(NC2=C(Sc3ccc(C)cc3)C(=O)N(c3ccc(C)cc3)C2=O)cc1. The molecule has 0 saturated carbocycles. The van der Waals surface area contributed by atoms with Gasteiger partial charge in [0.25, 0.3) is 11.8 Å². The van der Waals surface area contributed by atoms with Crippen LogP contribution in [0.4, 0.5) is 11.4 Å². The van der Waals surface area contributed by atoms with Crippen LogP contribution in [0.2, 0.25) is 0 Å². The molecular formula is C25H22N2O2S. The van der Waals surface area contributed by atoms with Gasteiger partial charge in [0, 0.05) is 10.6 Å². The van der Waals surface area contributed by atoms with Crippen LogP contribution in [-0.2, 0) is 9.59 Å². The Balaban J connectivity index is 1.73. The summed E-state index contributed by atoms with van der Waals surface area (Å²) in [6.45, 7) is 5.99. The van der Waals surface area contributed by atoms with Crippen molar-refractivity contribution in [2.75, 3.05) is 10.2 Å². The smallest absolute Gasteiger partial charge is 0.283 e. The van der Waals surface area contributed by atoms with Crippen LogP contribution in [0.3, 0.4) is 0 Å². The molecular weight excluding hydrogens is 392 g/mol. The topological polar surface area (TPSA) is 49.4 Å². The van der Waals surface area contributed by atoms with Gasteiger partial charge in [0.1, 0.15) is 10.6 Å². The highest BCUT2D eigenvalue weighted by atomic mass is 32.2. The van der Waals surface area contributed by atoms with Crippen LogP contribution in [0.15, 0.2) is 88.3 Å². The summed E-state index contributed by atoms with van der Waals surface area (Å²) in [5.41, 5.74) is 4.97. The number of hydrogen-bond acceptors (Lipinski definition) is 4. The normalized spacial score (nSPS) is 13.9. The van der Waals surface area contributed by atoms with Crippen molar-refractivity contribution < 1.29 is 9.59 Å². The van der Waals surface area contributed by atoms with Gasteiger partial charge in [-0.3, -0.25) is 9.59 Å². The van der Waals surface area contributed by atoms with E-state index in [1.165, 1.54) is 16.7 Å². The van der Waals surface area contributed by atoms with Crippen LogP contribution in [-0.4, -0.2) is 11.8 Å². The number of carbonyl (C=O) groups is 2. The third-order valence-corrected chi connectivity index (χ3v) is 5.99. The van der Waals surface area contributed by atoms with Crippen LogP contribution >= 0.6 is 11.8 Å². The van der Waals surface area contributed by atoms with E-state index in [0.717, 1.165) is 27.3 Å². The number of hydrogen-bond donors (Lipinski definition) is 1. The van der Waals surface area contributed by atoms with Gasteiger partial charge < -0.3 is 5.32 Å². The van der Waals surface area contributed by atoms with Gasteiger partial charge in [0.2, 0.25) is 0 Å². The zero-order valence-electron chi connectivity index (χ0n) is 17.1. The van der Waals surface area contributed by atoms with Crippen molar-refractivity contribution in [2.45, 2.75) is 25.7 Å². The van der Waals surface area contributed by atoms with Gasteiger partial charge in [-0.05, 0) is 57.2 Å². The molecule has 0 bridgehead atoms. The van der Waals surface area contributed by atoms with E-state index in [1.807, 2.05) is 81.4 Å². The van der Waals surface area contributed by atoms with Crippen molar-refractivity contribution in [3.63, 3.8) is 0 Å². The third kappa shape index (κ3) is 4.02. The molecule has 2 amide bonds. The van der Waals surface area contributed by atoms with Crippen molar-refractivity contribution >= 4 is 35.0 Å². The van der Waals surface area contributed by atoms with Crippen molar-refractivity contribution in [1.82, 2.24) is 0 Å². The van der Waals surface area contributed by atoms with Gasteiger partial charge in [-0.15, -0.1) is 0 Å². The largest absolute Gasteiger partial charge is 0.350 e. The first kappa shape index (κ1) is 20.0. The second kappa shape index (κ2) is 8.20. The van der Waals surface area contributed by atoms with Crippen molar-refractivity contribution in [1.29, 1.82) is 0 Å². The molecule has 4 nitrogen and oxygen atoms in total. The Morgan fingerprint density at radius 1 is 0.667 bits per heavy atom. The summed E-state index contributed by atoms with van der Waals surface area (Å²) in [5, 5.41) is 3.19. The van der Waals surface area contributed by atoms with E-state index < -0.39 is 0 Å². The molecule has 4 rings (SSSR count). The van der Waals surface area contributed by atoms with Crippen LogP contribution in [0.25, 0.3) is 0 Å². The molecule has 0 aromatic heterocycles. The Morgan fingerprint density at radius 3 is 1.73 bits per heavy atom. The number of benzene rings is 3. The Morgan fingerprint density at radius 2 is 1.17 bits per heavy atom. The highest BCUT2D eigenvalue weighted by Gasteiger charge is 2.40. The Kier molecular flexibility index (Phi) is 5.46. The van der Waals surface area contributed by atoms with Gasteiger partial charge in [-0.25, -0.2) is 4.90 Å². The molecule has 0 aliphatic carbocycles. The number of aryl methyl sites for hydroxylation is 3. The summed E-state index contributed by atoms with van der Waals surface area (Å²) in [4.78, 5) is 29.2. The molecule has 3 aromatic carbocycles. The number of rotatable bonds is 5. The minimum Gasteiger partial charge on any atom is -0.350 e. The predicted octanol–water partition coefficient (Wildman–Crippen LogP) is 5.60. The average molecular weight is 415 g/mol. The number of nitrogens with one attached hydrogen (secondary N) is 1. The lowest BCUT2D eigenvalue weighted by Crippen LogP contribution is -2.32. The van der Waals surface area contributed by atoms with Gasteiger partial charge in [0.05, 0.1) is 5.69 Å². The Hall–Kier alpha value is -3.31. The lowest BCUT2D eigenvalue weighted by atomic mass is 10.2. The molecule has 0 radical (unpaired) electrons. The number of thioether (sulfide) groups is 1. The fourth-order valence-corrected chi connectivity index (χ4v) is 4.08. The molecule has 1 aliphatic rings. The maximum atomic E-state index is 13.3. The van der Waals surface area contributed by atoms with Crippen molar-refractivity contribution in [2.24, 2.45) is 0 Å². The first-order chi connectivity index (χ1) is 14.4. The summed E-state index contributed by atoms with van der Waals surface area (Å²) in [5.74, 6) is -0.664. The van der Waals surface area contributed by atoms with Gasteiger partial charge in [0.15, 0.2) is 0 Å². The monoisotopic (exact) mass is 414 g/mol. The standard InChI is InChI=1S/C25H22N2O2S/c1-16-4-10-19(11-5-16)26-22-23(30-21-14-8-18(3)9-15-21)25(29)27(24(22)28)20-12-6-17(2)7-13-20/h4-15,26H,1-3H3. The fraction of sp³-hybridized carbons (Fsp3) is 0.120. The molecule has 1 N–H and O–H groups in total. The molecule has 3 aromatic rings. The van der Waals surface area contributed by atoms with E-state index >= 15 is 0 Å². The van der Waals surface area contributed by atoms with Crippen LogP contribution < -0.4 is 10.2 Å². The highest BCUT2D eigenvalue weighted by Crippen LogP contribution is 2.38. The summed E-state index contributed by atoms with van der Waals surface area (Å²) in [6.07, 6.45) is 0. The quantitative estimate of drug-likeness (QED) is 0.552. The van der Waals surface area contributed by atoms with Gasteiger partial charge in [-0.2, -0.15) is 0 Å². The van der Waals surface area contributed by atoms with E-state index in [4.69, 9.17) is 0 Å². The van der Waals surface area contributed by atoms with E-state index in [1.54, 1.807) is 12.1 Å². The average Bonchev–Trinajstić information content (AvgIpc) is 2.96. The maximum Gasteiger partial charge on any atom is 0.283 e. The lowest BCUT2D eigenvalue weighted by molar-refractivity contribution is -0.120. The molecule has 0 fully saturated rings. The molecule has 0 spiro atoms. The minimum atomic E-state index is -0.348. The number of imide groups is 1. The maximum absolute atomic E-state index is 13.3. The van der Waals surface area contributed by atoms with Crippen LogP contribution in [0.1, 0.15) is 16.7 Å². The van der Waals surface area contributed by atoms with Gasteiger partial charge >= 0.3 is 0 Å². The van der Waals surface area contributed by atoms with E-state index in [9.17, 15) is 9.59 Å². The van der Waals surface area contributed by atoms with E-state index in [2.05, 4.69) is 5.32 Å². The number of anilines is 2. The van der Waals surface area contributed by atoms with Crippen molar-refractivity contribution in [3.05, 3.63) is 100 Å². The second-order valence-corrected chi connectivity index (χ2v) is 8.48. The van der Waals surface area contributed by atoms with Crippen LogP contribution in [0.5, 0.6) is 0 Å². The molecule has 1 heterocycles. The van der Waals surface area contributed by atoms with E-state index in [-0.39, 0.29) is 11.8 Å². The van der Waals surface area contributed by atoms with Gasteiger partial charge in [-0.1, -0.05) is 64.9 Å². The zero-order chi connectivity index (χ0) is 21.3. The molecule has 0 atom stereocenters. The molecule has 0 saturated heterocycles. The number of carbonyl (C=O) groups excluding carboxylic acids is 2. The van der Waals surface area contributed by atoms with E-state index in [0.29, 0.717) is 16.3 Å².